The molecule has 1 saturated carbocycles. The van der Waals surface area contributed by atoms with Crippen LogP contribution in [0.15, 0.2) is 17.5 Å². The summed E-state index contributed by atoms with van der Waals surface area (Å²) in [7, 11) is 0. The van der Waals surface area contributed by atoms with Gasteiger partial charge in [-0.15, -0.1) is 11.3 Å². The summed E-state index contributed by atoms with van der Waals surface area (Å²) in [6.45, 7) is 5.87. The van der Waals surface area contributed by atoms with Gasteiger partial charge in [-0.2, -0.15) is 0 Å². The Morgan fingerprint density at radius 3 is 2.89 bits per heavy atom. The molecular weight excluding hydrogens is 252 g/mol. The fourth-order valence-electron chi connectivity index (χ4n) is 3.77. The molecule has 0 amide bonds. The Morgan fingerprint density at radius 2 is 2.16 bits per heavy atom. The van der Waals surface area contributed by atoms with E-state index in [0.29, 0.717) is 6.04 Å². The molecule has 2 atom stereocenters. The molecule has 0 bridgehead atoms. The van der Waals surface area contributed by atoms with Crippen molar-refractivity contribution in [1.29, 1.82) is 0 Å². The third-order valence-corrected chi connectivity index (χ3v) is 5.65. The second-order valence-corrected chi connectivity index (χ2v) is 7.32. The topological polar surface area (TPSA) is 15.3 Å². The molecule has 2 aliphatic rings. The zero-order chi connectivity index (χ0) is 13.1. The highest BCUT2D eigenvalue weighted by molar-refractivity contribution is 7.09. The first kappa shape index (κ1) is 13.6. The van der Waals surface area contributed by atoms with Gasteiger partial charge >= 0.3 is 0 Å². The van der Waals surface area contributed by atoms with Gasteiger partial charge < -0.3 is 5.32 Å². The molecule has 2 nitrogen and oxygen atoms in total. The first-order chi connectivity index (χ1) is 9.33. The maximum absolute atomic E-state index is 3.70. The average Bonchev–Trinajstić information content (AvgIpc) is 2.93. The van der Waals surface area contributed by atoms with Crippen LogP contribution < -0.4 is 5.32 Å². The first-order valence-electron chi connectivity index (χ1n) is 7.83. The summed E-state index contributed by atoms with van der Waals surface area (Å²) in [6, 6.07) is 5.87. The van der Waals surface area contributed by atoms with Crippen molar-refractivity contribution < 1.29 is 0 Å². The van der Waals surface area contributed by atoms with Crippen LogP contribution >= 0.6 is 11.3 Å². The lowest BCUT2D eigenvalue weighted by molar-refractivity contribution is 0.0697. The van der Waals surface area contributed by atoms with Gasteiger partial charge in [-0.05, 0) is 37.1 Å². The third kappa shape index (κ3) is 3.39. The molecule has 1 aromatic rings. The highest BCUT2D eigenvalue weighted by Crippen LogP contribution is 2.31. The van der Waals surface area contributed by atoms with E-state index in [1.807, 2.05) is 11.3 Å². The van der Waals surface area contributed by atoms with Crippen LogP contribution in [0.5, 0.6) is 0 Å². The van der Waals surface area contributed by atoms with Crippen LogP contribution in [-0.2, 0) is 6.54 Å². The molecule has 3 rings (SSSR count). The molecule has 2 heterocycles. The first-order valence-corrected chi connectivity index (χ1v) is 8.70. The summed E-state index contributed by atoms with van der Waals surface area (Å²) in [5.74, 6) is 0.925. The molecule has 1 saturated heterocycles. The van der Waals surface area contributed by atoms with E-state index in [0.717, 1.165) is 18.5 Å². The van der Waals surface area contributed by atoms with Crippen LogP contribution in [0.2, 0.25) is 0 Å². The Kier molecular flexibility index (Phi) is 4.57. The second-order valence-electron chi connectivity index (χ2n) is 6.28. The minimum Gasteiger partial charge on any atom is -0.311 e. The molecule has 3 heteroatoms. The van der Waals surface area contributed by atoms with Crippen molar-refractivity contribution in [2.24, 2.45) is 5.92 Å². The van der Waals surface area contributed by atoms with Crippen molar-refractivity contribution in [3.05, 3.63) is 22.4 Å². The molecule has 0 radical (unpaired) electrons. The van der Waals surface area contributed by atoms with Crippen molar-refractivity contribution in [2.75, 3.05) is 13.1 Å². The molecule has 0 aromatic carbocycles. The van der Waals surface area contributed by atoms with E-state index in [-0.39, 0.29) is 0 Å². The lowest BCUT2D eigenvalue weighted by atomic mass is 9.82. The molecule has 2 fully saturated rings. The number of nitrogens with zero attached hydrogens (tertiary/aromatic N) is 1. The van der Waals surface area contributed by atoms with Crippen molar-refractivity contribution >= 4 is 11.3 Å². The van der Waals surface area contributed by atoms with E-state index in [9.17, 15) is 0 Å². The SMILES string of the molecule is CC1CN(Cc2cccs2)C(C2CCCCC2)CN1. The summed E-state index contributed by atoms with van der Waals surface area (Å²) < 4.78 is 0. The van der Waals surface area contributed by atoms with Crippen molar-refractivity contribution in [2.45, 2.75) is 57.7 Å². The fourth-order valence-corrected chi connectivity index (χ4v) is 4.50. The number of nitrogens with one attached hydrogen (secondary N) is 1. The third-order valence-electron chi connectivity index (χ3n) is 4.79. The zero-order valence-electron chi connectivity index (χ0n) is 12.0. The Bertz CT molecular complexity index is 370. The van der Waals surface area contributed by atoms with Gasteiger partial charge in [0.05, 0.1) is 0 Å². The lowest BCUT2D eigenvalue weighted by Crippen LogP contribution is -2.57. The largest absolute Gasteiger partial charge is 0.311 e. The second kappa shape index (κ2) is 6.38. The highest BCUT2D eigenvalue weighted by atomic mass is 32.1. The van der Waals surface area contributed by atoms with Crippen LogP contribution in [0.1, 0.15) is 43.9 Å². The maximum Gasteiger partial charge on any atom is 0.0332 e. The van der Waals surface area contributed by atoms with E-state index < -0.39 is 0 Å². The van der Waals surface area contributed by atoms with E-state index >= 15 is 0 Å². The van der Waals surface area contributed by atoms with E-state index in [1.54, 1.807) is 0 Å². The molecule has 2 unspecified atom stereocenters. The standard InChI is InChI=1S/C16H26N2S/c1-13-11-18(12-15-8-5-9-19-15)16(10-17-13)14-6-3-2-4-7-14/h5,8-9,13-14,16-17H,2-4,6-7,10-12H2,1H3. The number of rotatable bonds is 3. The molecule has 1 aliphatic carbocycles. The Morgan fingerprint density at radius 1 is 1.32 bits per heavy atom. The van der Waals surface area contributed by atoms with Crippen LogP contribution in [0.25, 0.3) is 0 Å². The fraction of sp³-hybridized carbons (Fsp3) is 0.750. The molecule has 0 spiro atoms. The number of hydrogen-bond acceptors (Lipinski definition) is 3. The van der Waals surface area contributed by atoms with E-state index in [4.69, 9.17) is 0 Å². The molecule has 1 N–H and O–H groups in total. The number of thiophene rings is 1. The smallest absolute Gasteiger partial charge is 0.0332 e. The van der Waals surface area contributed by atoms with Crippen molar-refractivity contribution in [1.82, 2.24) is 10.2 Å². The van der Waals surface area contributed by atoms with Crippen LogP contribution in [0.3, 0.4) is 0 Å². The lowest BCUT2D eigenvalue weighted by Gasteiger charge is -2.44. The molecule has 106 valence electrons. The predicted octanol–water partition coefficient (Wildman–Crippen LogP) is 3.49. The summed E-state index contributed by atoms with van der Waals surface area (Å²) >= 11 is 1.90. The minimum absolute atomic E-state index is 0.639. The monoisotopic (exact) mass is 278 g/mol. The van der Waals surface area contributed by atoms with Gasteiger partial charge in [0.2, 0.25) is 0 Å². The van der Waals surface area contributed by atoms with Gasteiger partial charge in [0.15, 0.2) is 0 Å². The Labute approximate surface area is 121 Å². The zero-order valence-corrected chi connectivity index (χ0v) is 12.8. The van der Waals surface area contributed by atoms with Crippen LogP contribution in [0.4, 0.5) is 0 Å². The number of piperazine rings is 1. The highest BCUT2D eigenvalue weighted by Gasteiger charge is 2.32. The molecule has 1 aliphatic heterocycles. The van der Waals surface area contributed by atoms with Crippen LogP contribution in [0, 0.1) is 5.92 Å². The molecule has 19 heavy (non-hydrogen) atoms. The summed E-state index contributed by atoms with van der Waals surface area (Å²) in [5.41, 5.74) is 0. The Balaban J connectivity index is 1.68. The van der Waals surface area contributed by atoms with Gasteiger partial charge in [0.25, 0.3) is 0 Å². The van der Waals surface area contributed by atoms with Crippen LogP contribution in [-0.4, -0.2) is 30.1 Å². The molecule has 1 aromatic heterocycles. The molecular formula is C16H26N2S. The summed E-state index contributed by atoms with van der Waals surface area (Å²) in [6.07, 6.45) is 7.24. The number of hydrogen-bond donors (Lipinski definition) is 1. The maximum atomic E-state index is 3.70. The predicted molar refractivity (Wildman–Crippen MR) is 82.6 cm³/mol. The van der Waals surface area contributed by atoms with Gasteiger partial charge in [0, 0.05) is 36.6 Å². The van der Waals surface area contributed by atoms with Crippen molar-refractivity contribution in [3.63, 3.8) is 0 Å². The normalized spacial score (nSPS) is 30.6. The summed E-state index contributed by atoms with van der Waals surface area (Å²) in [4.78, 5) is 4.28. The van der Waals surface area contributed by atoms with E-state index in [2.05, 4.69) is 34.7 Å². The van der Waals surface area contributed by atoms with Gasteiger partial charge in [-0.3, -0.25) is 4.90 Å². The minimum atomic E-state index is 0.639. The quantitative estimate of drug-likeness (QED) is 0.910. The van der Waals surface area contributed by atoms with Gasteiger partial charge in [0.1, 0.15) is 0 Å². The van der Waals surface area contributed by atoms with Crippen molar-refractivity contribution in [3.8, 4) is 0 Å². The summed E-state index contributed by atoms with van der Waals surface area (Å²) in [5, 5.41) is 5.91. The van der Waals surface area contributed by atoms with Gasteiger partial charge in [-0.25, -0.2) is 0 Å². The van der Waals surface area contributed by atoms with E-state index in [1.165, 1.54) is 50.1 Å². The van der Waals surface area contributed by atoms with Gasteiger partial charge in [-0.1, -0.05) is 25.3 Å². The Hall–Kier alpha value is -0.380. The average molecular weight is 278 g/mol.